The fraction of sp³-hybridized carbons (Fsp3) is 0.480. The predicted molar refractivity (Wildman–Crippen MR) is 139 cm³/mol. The number of nitrogens with two attached hydrogens (primary N) is 1. The minimum atomic E-state index is -1.15. The fourth-order valence-electron chi connectivity index (χ4n) is 4.78. The van der Waals surface area contributed by atoms with Crippen LogP contribution in [-0.4, -0.2) is 49.4 Å². The number of anilines is 2. The summed E-state index contributed by atoms with van der Waals surface area (Å²) >= 11 is 0. The molecule has 3 aliphatic rings. The Labute approximate surface area is 197 Å². The van der Waals surface area contributed by atoms with Gasteiger partial charge in [-0.15, -0.1) is 0 Å². The van der Waals surface area contributed by atoms with Gasteiger partial charge in [-0.2, -0.15) is 0 Å². The number of aryl methyl sites for hydroxylation is 1. The first kappa shape index (κ1) is 22.4. The molecule has 3 aliphatic heterocycles. The monoisotopic (exact) mass is 464 g/mol. The number of nitrogens with zero attached hydrogens (tertiary/aromatic N) is 4. The van der Waals surface area contributed by atoms with Gasteiger partial charge >= 0.3 is 0 Å². The summed E-state index contributed by atoms with van der Waals surface area (Å²) in [5.41, 5.74) is 12.5. The van der Waals surface area contributed by atoms with Gasteiger partial charge in [0.25, 0.3) is 5.91 Å². The third kappa shape index (κ3) is 4.16. The van der Waals surface area contributed by atoms with Crippen LogP contribution in [0.25, 0.3) is 11.3 Å². The maximum Gasteiger partial charge on any atom is 0.251 e. The molecule has 0 radical (unpaired) electrons. The van der Waals surface area contributed by atoms with Crippen LogP contribution in [0.15, 0.2) is 47.2 Å². The first-order valence-electron chi connectivity index (χ1n) is 12.0. The maximum atomic E-state index is 6.97. The van der Waals surface area contributed by atoms with Gasteiger partial charge in [-0.3, -0.25) is 10.6 Å². The SMILES string of the molecule is Cc1ccc(-c2cc3c(n2COCC[Si](C)(C)C)NC=C2C=NC(N)(N4CCCC4)N23)cc1. The highest BCUT2D eigenvalue weighted by Crippen LogP contribution is 2.45. The van der Waals surface area contributed by atoms with Crippen LogP contribution in [0.1, 0.15) is 18.4 Å². The van der Waals surface area contributed by atoms with E-state index in [0.717, 1.165) is 67.0 Å². The molecular weight excluding hydrogens is 428 g/mol. The molecule has 7 nitrogen and oxygen atoms in total. The number of rotatable bonds is 7. The first-order chi connectivity index (χ1) is 15.8. The van der Waals surface area contributed by atoms with Crippen LogP contribution < -0.4 is 16.0 Å². The molecule has 0 saturated carbocycles. The molecule has 1 aromatic carbocycles. The van der Waals surface area contributed by atoms with E-state index in [4.69, 9.17) is 15.5 Å². The highest BCUT2D eigenvalue weighted by Gasteiger charge is 2.47. The van der Waals surface area contributed by atoms with Crippen molar-refractivity contribution < 1.29 is 4.74 Å². The molecule has 0 bridgehead atoms. The lowest BCUT2D eigenvalue weighted by Crippen LogP contribution is -2.63. The van der Waals surface area contributed by atoms with Gasteiger partial charge in [0, 0.05) is 34.0 Å². The third-order valence-corrected chi connectivity index (χ3v) is 8.49. The highest BCUT2D eigenvalue weighted by molar-refractivity contribution is 6.76. The topological polar surface area (TPSA) is 71.0 Å². The molecular formula is C25H36N6OSi. The van der Waals surface area contributed by atoms with E-state index in [2.05, 4.69) is 76.6 Å². The van der Waals surface area contributed by atoms with Crippen LogP contribution in [0.5, 0.6) is 0 Å². The lowest BCUT2D eigenvalue weighted by molar-refractivity contribution is 0.0897. The van der Waals surface area contributed by atoms with Crippen LogP contribution in [0.2, 0.25) is 25.7 Å². The first-order valence-corrected chi connectivity index (χ1v) is 15.7. The summed E-state index contributed by atoms with van der Waals surface area (Å²) in [6.45, 7) is 12.5. The van der Waals surface area contributed by atoms with Crippen molar-refractivity contribution in [2.75, 3.05) is 29.9 Å². The van der Waals surface area contributed by atoms with Crippen LogP contribution in [0.3, 0.4) is 0 Å². The van der Waals surface area contributed by atoms with E-state index in [1.54, 1.807) is 0 Å². The van der Waals surface area contributed by atoms with E-state index in [1.165, 1.54) is 5.56 Å². The molecule has 2 aromatic rings. The smallest absolute Gasteiger partial charge is 0.251 e. The van der Waals surface area contributed by atoms with Gasteiger partial charge in [0.2, 0.25) is 0 Å². The van der Waals surface area contributed by atoms with Crippen LogP contribution in [0.4, 0.5) is 11.5 Å². The number of aliphatic imine (C=N–C) groups is 1. The van der Waals surface area contributed by atoms with E-state index >= 15 is 0 Å². The van der Waals surface area contributed by atoms with Crippen molar-refractivity contribution in [1.29, 1.82) is 0 Å². The van der Waals surface area contributed by atoms with Gasteiger partial charge < -0.3 is 14.6 Å². The molecule has 8 heteroatoms. The third-order valence-electron chi connectivity index (χ3n) is 6.78. The van der Waals surface area contributed by atoms with Crippen molar-refractivity contribution in [1.82, 2.24) is 9.47 Å². The Balaban J connectivity index is 1.52. The maximum absolute atomic E-state index is 6.97. The van der Waals surface area contributed by atoms with Gasteiger partial charge in [0.1, 0.15) is 12.5 Å². The predicted octanol–water partition coefficient (Wildman–Crippen LogP) is 4.60. The lowest BCUT2D eigenvalue weighted by Gasteiger charge is -2.42. The number of aromatic nitrogens is 1. The van der Waals surface area contributed by atoms with Gasteiger partial charge in [-0.1, -0.05) is 49.5 Å². The van der Waals surface area contributed by atoms with E-state index in [-0.39, 0.29) is 0 Å². The Morgan fingerprint density at radius 1 is 1.15 bits per heavy atom. The van der Waals surface area contributed by atoms with Gasteiger partial charge in [0.15, 0.2) is 0 Å². The number of nitrogens with one attached hydrogen (secondary N) is 1. The summed E-state index contributed by atoms with van der Waals surface area (Å²) in [5.74, 6) is 0.121. The van der Waals surface area contributed by atoms with E-state index in [0.29, 0.717) is 6.73 Å². The second-order valence-corrected chi connectivity index (χ2v) is 16.2. The zero-order valence-electron chi connectivity index (χ0n) is 20.3. The fourth-order valence-corrected chi connectivity index (χ4v) is 5.54. The van der Waals surface area contributed by atoms with Crippen molar-refractivity contribution in [3.05, 3.63) is 47.8 Å². The Kier molecular flexibility index (Phi) is 5.72. The molecule has 0 aliphatic carbocycles. The molecule has 4 heterocycles. The number of allylic oxidation sites excluding steroid dienone is 1. The molecule has 3 N–H and O–H groups in total. The Hall–Kier alpha value is -2.39. The average Bonchev–Trinajstić information content (AvgIpc) is 3.49. The molecule has 33 heavy (non-hydrogen) atoms. The Bertz CT molecular complexity index is 1080. The quantitative estimate of drug-likeness (QED) is 0.463. The molecule has 0 amide bonds. The molecule has 0 spiro atoms. The van der Waals surface area contributed by atoms with E-state index < -0.39 is 14.0 Å². The van der Waals surface area contributed by atoms with E-state index in [9.17, 15) is 0 Å². The largest absolute Gasteiger partial charge is 0.361 e. The number of hydrogen-bond acceptors (Lipinski definition) is 6. The van der Waals surface area contributed by atoms with Crippen LogP contribution >= 0.6 is 0 Å². The number of fused-ring (bicyclic) bond motifs is 3. The number of likely N-dealkylation sites (tertiary alicyclic amines) is 1. The highest BCUT2D eigenvalue weighted by atomic mass is 28.3. The molecule has 176 valence electrons. The van der Waals surface area contributed by atoms with Gasteiger partial charge in [-0.05, 0) is 37.4 Å². The Morgan fingerprint density at radius 3 is 2.58 bits per heavy atom. The summed E-state index contributed by atoms with van der Waals surface area (Å²) in [7, 11) is -1.15. The van der Waals surface area contributed by atoms with Crippen molar-refractivity contribution in [3.63, 3.8) is 0 Å². The molecule has 1 saturated heterocycles. The summed E-state index contributed by atoms with van der Waals surface area (Å²) < 4.78 is 8.45. The zero-order chi connectivity index (χ0) is 23.2. The second kappa shape index (κ2) is 8.43. The summed E-state index contributed by atoms with van der Waals surface area (Å²) in [6, 6.07) is 12.1. The lowest BCUT2D eigenvalue weighted by atomic mass is 10.1. The summed E-state index contributed by atoms with van der Waals surface area (Å²) in [6.07, 6.45) is 6.22. The molecule has 5 rings (SSSR count). The molecule has 1 atom stereocenters. The van der Waals surface area contributed by atoms with Crippen molar-refractivity contribution >= 4 is 25.8 Å². The molecule has 1 aromatic heterocycles. The minimum Gasteiger partial charge on any atom is -0.361 e. The van der Waals surface area contributed by atoms with E-state index in [1.807, 2.05) is 12.4 Å². The summed E-state index contributed by atoms with van der Waals surface area (Å²) in [4.78, 5) is 9.24. The zero-order valence-corrected chi connectivity index (χ0v) is 21.3. The minimum absolute atomic E-state index is 0.495. The van der Waals surface area contributed by atoms with Gasteiger partial charge in [0.05, 0.1) is 23.3 Å². The Morgan fingerprint density at radius 2 is 1.88 bits per heavy atom. The standard InChI is InChI=1S/C25H36N6OSi/c1-19-7-9-20(10-8-19)22-15-23-24(30(22)18-32-13-14-33(2,3)4)27-16-21-17-28-25(26,31(21)23)29-11-5-6-12-29/h7-10,15-17,27H,5-6,11-14,18,26H2,1-4H3. The van der Waals surface area contributed by atoms with Crippen LogP contribution in [0, 0.1) is 6.92 Å². The normalized spacial score (nSPS) is 22.3. The van der Waals surface area contributed by atoms with Gasteiger partial charge in [-0.25, -0.2) is 9.89 Å². The van der Waals surface area contributed by atoms with Crippen molar-refractivity contribution in [3.8, 4) is 11.3 Å². The molecule has 1 fully saturated rings. The number of ether oxygens (including phenoxy) is 1. The average molecular weight is 465 g/mol. The number of hydrogen-bond donors (Lipinski definition) is 2. The summed E-state index contributed by atoms with van der Waals surface area (Å²) in [5, 5.41) is 3.51. The van der Waals surface area contributed by atoms with Crippen molar-refractivity contribution in [2.45, 2.75) is 58.1 Å². The van der Waals surface area contributed by atoms with Crippen molar-refractivity contribution in [2.24, 2.45) is 10.7 Å². The molecule has 1 unspecified atom stereocenters. The number of benzene rings is 1. The second-order valence-electron chi connectivity index (χ2n) is 10.6. The van der Waals surface area contributed by atoms with Crippen LogP contribution in [-0.2, 0) is 11.5 Å².